The zero-order valence-corrected chi connectivity index (χ0v) is 24.8. The van der Waals surface area contributed by atoms with Crippen LogP contribution >= 0.6 is 0 Å². The first-order chi connectivity index (χ1) is 20.2. The summed E-state index contributed by atoms with van der Waals surface area (Å²) in [6, 6.07) is 12.1. The number of methoxy groups -OCH3 is 1. The average molecular weight is 594 g/mol. The van der Waals surface area contributed by atoms with Crippen molar-refractivity contribution in [2.24, 2.45) is 11.8 Å². The molecule has 0 bridgehead atoms. The fourth-order valence-electron chi connectivity index (χ4n) is 5.81. The summed E-state index contributed by atoms with van der Waals surface area (Å²) in [6.45, 7) is 1.87. The minimum Gasteiger partial charge on any atom is -0.469 e. The highest BCUT2D eigenvalue weighted by molar-refractivity contribution is 7.89. The molecule has 1 amide bonds. The van der Waals surface area contributed by atoms with Gasteiger partial charge in [-0.05, 0) is 86.8 Å². The second kappa shape index (κ2) is 13.3. The maximum absolute atomic E-state index is 13.3. The Hall–Kier alpha value is -3.39. The molecule has 3 fully saturated rings. The molecule has 9 nitrogen and oxygen atoms in total. The Balaban J connectivity index is 1.14. The van der Waals surface area contributed by atoms with E-state index in [0.29, 0.717) is 69.8 Å². The van der Waals surface area contributed by atoms with Gasteiger partial charge in [-0.3, -0.25) is 9.59 Å². The van der Waals surface area contributed by atoms with Crippen LogP contribution in [0.4, 0.5) is 5.69 Å². The van der Waals surface area contributed by atoms with Crippen molar-refractivity contribution in [3.05, 3.63) is 59.2 Å². The summed E-state index contributed by atoms with van der Waals surface area (Å²) in [5.74, 6) is 6.53. The molecular weight excluding hydrogens is 554 g/mol. The van der Waals surface area contributed by atoms with Gasteiger partial charge in [0, 0.05) is 41.7 Å². The Kier molecular flexibility index (Phi) is 9.51. The summed E-state index contributed by atoms with van der Waals surface area (Å²) in [6.07, 6.45) is 5.82. The lowest BCUT2D eigenvalue weighted by molar-refractivity contribution is -0.146. The van der Waals surface area contributed by atoms with Crippen molar-refractivity contribution in [2.75, 3.05) is 32.6 Å². The standard InChI is InChI=1S/C32H39N3O6S/c1-40-31(36)17-7-23-4-2-22(3-5-23)6-8-24-13-16-28(20-29(24)33)42(38,39)34-27-14-11-26(12-15-27)32(37)35-18-19-41-21-30(35)25-9-10-25/h2-5,13,16,20,25-27,30,34H,7,9-12,14-15,17-19,21,33H2,1H3. The van der Waals surface area contributed by atoms with Gasteiger partial charge in [-0.25, -0.2) is 13.1 Å². The third kappa shape index (κ3) is 7.51. The zero-order chi connectivity index (χ0) is 29.7. The molecule has 0 spiro atoms. The van der Waals surface area contributed by atoms with E-state index in [9.17, 15) is 18.0 Å². The molecule has 3 aliphatic rings. The number of rotatable bonds is 8. The number of aryl methyl sites for hydroxylation is 1. The molecule has 1 unspecified atom stereocenters. The predicted molar refractivity (Wildman–Crippen MR) is 159 cm³/mol. The topological polar surface area (TPSA) is 128 Å². The number of anilines is 1. The van der Waals surface area contributed by atoms with Crippen LogP contribution in [0.2, 0.25) is 0 Å². The highest BCUT2D eigenvalue weighted by atomic mass is 32.2. The number of nitrogen functional groups attached to an aromatic ring is 1. The smallest absolute Gasteiger partial charge is 0.305 e. The van der Waals surface area contributed by atoms with Gasteiger partial charge in [-0.2, -0.15) is 0 Å². The molecule has 1 saturated heterocycles. The van der Waals surface area contributed by atoms with Gasteiger partial charge < -0.3 is 20.1 Å². The van der Waals surface area contributed by atoms with Gasteiger partial charge >= 0.3 is 5.97 Å². The van der Waals surface area contributed by atoms with Gasteiger partial charge in [0.05, 0.1) is 31.3 Å². The summed E-state index contributed by atoms with van der Waals surface area (Å²) in [5, 5.41) is 0. The van der Waals surface area contributed by atoms with Crippen LogP contribution in [0.3, 0.4) is 0 Å². The largest absolute Gasteiger partial charge is 0.469 e. The van der Waals surface area contributed by atoms with E-state index in [4.69, 9.17) is 10.5 Å². The van der Waals surface area contributed by atoms with E-state index in [1.165, 1.54) is 32.1 Å². The van der Waals surface area contributed by atoms with Gasteiger partial charge in [-0.15, -0.1) is 0 Å². The van der Waals surface area contributed by atoms with Crippen LogP contribution in [0.5, 0.6) is 0 Å². The summed E-state index contributed by atoms with van der Waals surface area (Å²) in [7, 11) is -2.41. The zero-order valence-electron chi connectivity index (χ0n) is 24.0. The second-order valence-electron chi connectivity index (χ2n) is 11.5. The molecule has 3 N–H and O–H groups in total. The Bertz CT molecular complexity index is 1450. The molecule has 1 atom stereocenters. The molecule has 1 heterocycles. The highest BCUT2D eigenvalue weighted by Crippen LogP contribution is 2.38. The van der Waals surface area contributed by atoms with E-state index in [-0.39, 0.29) is 40.5 Å². The average Bonchev–Trinajstić information content (AvgIpc) is 3.85. The maximum atomic E-state index is 13.3. The number of sulfonamides is 1. The lowest BCUT2D eigenvalue weighted by Gasteiger charge is -2.39. The minimum atomic E-state index is -3.78. The number of esters is 1. The van der Waals surface area contributed by atoms with Crippen molar-refractivity contribution in [3.63, 3.8) is 0 Å². The minimum absolute atomic E-state index is 0.0605. The van der Waals surface area contributed by atoms with Crippen LogP contribution < -0.4 is 10.5 Å². The second-order valence-corrected chi connectivity index (χ2v) is 13.2. The molecule has 224 valence electrons. The van der Waals surface area contributed by atoms with Crippen LogP contribution in [0.25, 0.3) is 0 Å². The van der Waals surface area contributed by atoms with Gasteiger partial charge in [0.1, 0.15) is 0 Å². The van der Waals surface area contributed by atoms with E-state index in [0.717, 1.165) is 11.1 Å². The number of carbonyl (C=O) groups is 2. The summed E-state index contributed by atoms with van der Waals surface area (Å²) < 4.78 is 39.4. The summed E-state index contributed by atoms with van der Waals surface area (Å²) >= 11 is 0. The quantitative estimate of drug-likeness (QED) is 0.273. The van der Waals surface area contributed by atoms with Gasteiger partial charge in [-0.1, -0.05) is 24.0 Å². The third-order valence-corrected chi connectivity index (χ3v) is 10.0. The number of morpholine rings is 1. The number of hydrogen-bond donors (Lipinski definition) is 2. The molecule has 2 aliphatic carbocycles. The molecule has 2 saturated carbocycles. The van der Waals surface area contributed by atoms with Gasteiger partial charge in [0.25, 0.3) is 0 Å². The van der Waals surface area contributed by atoms with E-state index < -0.39 is 10.0 Å². The van der Waals surface area contributed by atoms with E-state index >= 15 is 0 Å². The van der Waals surface area contributed by atoms with Gasteiger partial charge in [0.15, 0.2) is 0 Å². The Morgan fingerprint density at radius 1 is 1.05 bits per heavy atom. The molecule has 1 aliphatic heterocycles. The SMILES string of the molecule is COC(=O)CCc1ccc(C#Cc2ccc(S(=O)(=O)NC3CCC(C(=O)N4CCOCC4C4CC4)CC3)cc2N)cc1. The molecule has 0 aromatic heterocycles. The fraction of sp³-hybridized carbons (Fsp3) is 0.500. The van der Waals surface area contributed by atoms with Crippen LogP contribution in [-0.2, 0) is 35.5 Å². The highest BCUT2D eigenvalue weighted by Gasteiger charge is 2.41. The number of amides is 1. The van der Waals surface area contributed by atoms with Crippen molar-refractivity contribution in [1.29, 1.82) is 0 Å². The lowest BCUT2D eigenvalue weighted by Crippen LogP contribution is -2.52. The van der Waals surface area contributed by atoms with Gasteiger partial charge in [0.2, 0.25) is 15.9 Å². The van der Waals surface area contributed by atoms with Crippen molar-refractivity contribution in [1.82, 2.24) is 9.62 Å². The fourth-order valence-corrected chi connectivity index (χ4v) is 7.15. The number of carbonyl (C=O) groups excluding carboxylic acids is 2. The van der Waals surface area contributed by atoms with Crippen LogP contribution in [0.15, 0.2) is 47.4 Å². The first-order valence-electron chi connectivity index (χ1n) is 14.7. The Morgan fingerprint density at radius 3 is 2.45 bits per heavy atom. The Labute approximate surface area is 248 Å². The number of nitrogens with zero attached hydrogens (tertiary/aromatic N) is 1. The summed E-state index contributed by atoms with van der Waals surface area (Å²) in [4.78, 5) is 26.7. The Morgan fingerprint density at radius 2 is 1.79 bits per heavy atom. The molecule has 0 radical (unpaired) electrons. The number of benzene rings is 2. The number of hydrogen-bond acceptors (Lipinski definition) is 7. The van der Waals surface area contributed by atoms with Crippen LogP contribution in [-0.4, -0.2) is 64.1 Å². The molecule has 5 rings (SSSR count). The normalized spacial score (nSPS) is 22.6. The van der Waals surface area contributed by atoms with Crippen molar-refractivity contribution in [3.8, 4) is 11.8 Å². The van der Waals surface area contributed by atoms with Crippen molar-refractivity contribution < 1.29 is 27.5 Å². The first kappa shape index (κ1) is 30.1. The van der Waals surface area contributed by atoms with Crippen LogP contribution in [0, 0.1) is 23.7 Å². The third-order valence-electron chi connectivity index (χ3n) is 8.49. The summed E-state index contributed by atoms with van der Waals surface area (Å²) in [5.41, 5.74) is 8.79. The lowest BCUT2D eigenvalue weighted by atomic mass is 9.85. The van der Waals surface area contributed by atoms with Crippen molar-refractivity contribution in [2.45, 2.75) is 68.3 Å². The number of nitrogens with one attached hydrogen (secondary N) is 1. The maximum Gasteiger partial charge on any atom is 0.305 e. The first-order valence-corrected chi connectivity index (χ1v) is 16.2. The predicted octanol–water partition coefficient (Wildman–Crippen LogP) is 3.25. The molecular formula is C32H39N3O6S. The molecule has 42 heavy (non-hydrogen) atoms. The number of nitrogens with two attached hydrogens (primary N) is 1. The monoisotopic (exact) mass is 593 g/mol. The van der Waals surface area contributed by atoms with E-state index in [1.54, 1.807) is 6.07 Å². The molecule has 2 aromatic carbocycles. The van der Waals surface area contributed by atoms with E-state index in [1.807, 2.05) is 29.2 Å². The van der Waals surface area contributed by atoms with E-state index in [2.05, 4.69) is 21.3 Å². The van der Waals surface area contributed by atoms with Crippen LogP contribution in [0.1, 0.15) is 61.6 Å². The molecule has 2 aromatic rings. The van der Waals surface area contributed by atoms with Crippen molar-refractivity contribution >= 4 is 27.6 Å². The molecule has 10 heteroatoms. The number of ether oxygens (including phenoxy) is 2.